The molecule has 1 aliphatic carbocycles. The van der Waals surface area contributed by atoms with E-state index in [2.05, 4.69) is 9.80 Å². The van der Waals surface area contributed by atoms with E-state index < -0.39 is 0 Å². The molecule has 1 spiro atoms. The number of aliphatic hydroxyl groups excluding tert-OH is 1. The molecule has 142 valence electrons. The Labute approximate surface area is 155 Å². The number of aryl methyl sites for hydroxylation is 1. The highest BCUT2D eigenvalue weighted by atomic mass is 19.1. The molecule has 1 amide bonds. The molecular weight excluding hydrogens is 331 g/mol. The first-order valence-corrected chi connectivity index (χ1v) is 9.99. The summed E-state index contributed by atoms with van der Waals surface area (Å²) in [6.07, 6.45) is 6.04. The van der Waals surface area contributed by atoms with Crippen LogP contribution in [0.15, 0.2) is 18.2 Å². The summed E-state index contributed by atoms with van der Waals surface area (Å²) in [7, 11) is 0. The van der Waals surface area contributed by atoms with E-state index in [0.29, 0.717) is 6.54 Å². The third kappa shape index (κ3) is 3.11. The monoisotopic (exact) mass is 360 g/mol. The van der Waals surface area contributed by atoms with Gasteiger partial charge in [0.1, 0.15) is 5.82 Å². The smallest absolute Gasteiger partial charge is 0.230 e. The Morgan fingerprint density at radius 1 is 1.15 bits per heavy atom. The molecule has 1 saturated carbocycles. The Balaban J connectivity index is 1.51. The van der Waals surface area contributed by atoms with Crippen molar-refractivity contribution in [2.45, 2.75) is 64.0 Å². The number of amides is 1. The van der Waals surface area contributed by atoms with Crippen LogP contribution in [-0.2, 0) is 4.79 Å². The fourth-order valence-electron chi connectivity index (χ4n) is 5.21. The molecule has 4 rings (SSSR count). The molecule has 3 aliphatic rings. The lowest BCUT2D eigenvalue weighted by Gasteiger charge is -2.42. The average Bonchev–Trinajstić information content (AvgIpc) is 2.94. The lowest BCUT2D eigenvalue weighted by Crippen LogP contribution is -2.50. The Bertz CT molecular complexity index is 687. The zero-order valence-corrected chi connectivity index (χ0v) is 15.6. The van der Waals surface area contributed by atoms with Gasteiger partial charge in [0, 0.05) is 31.4 Å². The minimum absolute atomic E-state index is 0.195. The van der Waals surface area contributed by atoms with Gasteiger partial charge in [-0.2, -0.15) is 0 Å². The van der Waals surface area contributed by atoms with Gasteiger partial charge in [-0.3, -0.25) is 4.79 Å². The van der Waals surface area contributed by atoms with Crippen molar-refractivity contribution >= 4 is 11.6 Å². The Morgan fingerprint density at radius 3 is 2.69 bits per heavy atom. The van der Waals surface area contributed by atoms with E-state index in [9.17, 15) is 14.3 Å². The summed E-state index contributed by atoms with van der Waals surface area (Å²) in [5.74, 6) is 0.0722. The number of benzene rings is 1. The van der Waals surface area contributed by atoms with Crippen LogP contribution in [0, 0.1) is 18.2 Å². The van der Waals surface area contributed by atoms with E-state index in [4.69, 9.17) is 0 Å². The van der Waals surface area contributed by atoms with Crippen molar-refractivity contribution in [3.63, 3.8) is 0 Å². The maximum absolute atomic E-state index is 13.8. The molecule has 26 heavy (non-hydrogen) atoms. The number of halogens is 1. The molecule has 1 aromatic carbocycles. The predicted octanol–water partition coefficient (Wildman–Crippen LogP) is 3.26. The van der Waals surface area contributed by atoms with Gasteiger partial charge in [0.25, 0.3) is 0 Å². The molecule has 0 radical (unpaired) electrons. The van der Waals surface area contributed by atoms with Gasteiger partial charge >= 0.3 is 0 Å². The molecule has 5 heteroatoms. The second-order valence-corrected chi connectivity index (χ2v) is 8.45. The van der Waals surface area contributed by atoms with E-state index >= 15 is 0 Å². The highest BCUT2D eigenvalue weighted by Gasteiger charge is 2.50. The zero-order valence-electron chi connectivity index (χ0n) is 15.6. The predicted molar refractivity (Wildman–Crippen MR) is 99.6 cm³/mol. The number of piperidine rings is 1. The van der Waals surface area contributed by atoms with Crippen LogP contribution < -0.4 is 4.90 Å². The summed E-state index contributed by atoms with van der Waals surface area (Å²) < 4.78 is 13.8. The van der Waals surface area contributed by atoms with Crippen LogP contribution >= 0.6 is 0 Å². The molecule has 2 saturated heterocycles. The van der Waals surface area contributed by atoms with E-state index in [1.54, 1.807) is 6.07 Å². The van der Waals surface area contributed by atoms with Crippen molar-refractivity contribution in [3.05, 3.63) is 29.6 Å². The Kier molecular flexibility index (Phi) is 4.68. The standard InChI is InChI=1S/C21H29FN2O2/c1-15-3-4-16(22)13-19(15)23-11-2-9-21(14-23)10-12-24(20(21)26)17-5-7-18(25)8-6-17/h3-4,13,17-18,25H,2,5-12,14H2,1H3/t17-,18-,21-/m0/s1. The van der Waals surface area contributed by atoms with Crippen molar-refractivity contribution in [3.8, 4) is 0 Å². The van der Waals surface area contributed by atoms with E-state index in [0.717, 1.165) is 69.3 Å². The normalized spacial score (nSPS) is 32.5. The third-order valence-electron chi connectivity index (χ3n) is 6.74. The highest BCUT2D eigenvalue weighted by Crippen LogP contribution is 2.43. The fraction of sp³-hybridized carbons (Fsp3) is 0.667. The molecule has 1 atom stereocenters. The molecule has 0 unspecified atom stereocenters. The van der Waals surface area contributed by atoms with Gasteiger partial charge in [0.05, 0.1) is 11.5 Å². The number of aliphatic hydroxyl groups is 1. The van der Waals surface area contributed by atoms with Crippen LogP contribution in [0.4, 0.5) is 10.1 Å². The number of anilines is 1. The van der Waals surface area contributed by atoms with Gasteiger partial charge in [-0.25, -0.2) is 4.39 Å². The van der Waals surface area contributed by atoms with Crippen LogP contribution in [0.25, 0.3) is 0 Å². The lowest BCUT2D eigenvalue weighted by atomic mass is 9.78. The van der Waals surface area contributed by atoms with Crippen molar-refractivity contribution < 1.29 is 14.3 Å². The van der Waals surface area contributed by atoms with Gasteiger partial charge < -0.3 is 14.9 Å². The van der Waals surface area contributed by atoms with Crippen LogP contribution in [-0.4, -0.2) is 47.7 Å². The summed E-state index contributed by atoms with van der Waals surface area (Å²) >= 11 is 0. The maximum atomic E-state index is 13.8. The second-order valence-electron chi connectivity index (χ2n) is 8.45. The molecule has 2 aliphatic heterocycles. The topological polar surface area (TPSA) is 43.8 Å². The summed E-state index contributed by atoms with van der Waals surface area (Å²) in [5, 5.41) is 9.75. The van der Waals surface area contributed by atoms with Crippen molar-refractivity contribution in [2.75, 3.05) is 24.5 Å². The molecule has 1 aromatic rings. The van der Waals surface area contributed by atoms with Crippen molar-refractivity contribution in [1.82, 2.24) is 4.90 Å². The average molecular weight is 360 g/mol. The number of carbonyl (C=O) groups excluding carboxylic acids is 1. The van der Waals surface area contributed by atoms with E-state index in [1.165, 1.54) is 6.07 Å². The molecular formula is C21H29FN2O2. The minimum atomic E-state index is -0.312. The van der Waals surface area contributed by atoms with Gasteiger partial charge in [-0.05, 0) is 69.6 Å². The molecule has 2 heterocycles. The van der Waals surface area contributed by atoms with E-state index in [1.807, 2.05) is 13.0 Å². The summed E-state index contributed by atoms with van der Waals surface area (Å²) in [4.78, 5) is 17.7. The quantitative estimate of drug-likeness (QED) is 0.880. The number of rotatable bonds is 2. The first-order chi connectivity index (χ1) is 12.5. The number of hydrogen-bond acceptors (Lipinski definition) is 3. The molecule has 4 nitrogen and oxygen atoms in total. The van der Waals surface area contributed by atoms with Crippen molar-refractivity contribution in [2.24, 2.45) is 5.41 Å². The second kappa shape index (κ2) is 6.84. The molecule has 3 fully saturated rings. The molecule has 1 N–H and O–H groups in total. The SMILES string of the molecule is Cc1ccc(F)cc1N1CCC[C@]2(CCN([C@H]3CC[C@H](O)CC3)C2=O)C1. The summed E-state index contributed by atoms with van der Waals surface area (Å²) in [6.45, 7) is 4.42. The third-order valence-corrected chi connectivity index (χ3v) is 6.74. The highest BCUT2D eigenvalue weighted by molar-refractivity contribution is 5.86. The summed E-state index contributed by atoms with van der Waals surface area (Å²) in [5.41, 5.74) is 1.68. The first-order valence-electron chi connectivity index (χ1n) is 9.99. The number of hydrogen-bond donors (Lipinski definition) is 1. The Morgan fingerprint density at radius 2 is 1.92 bits per heavy atom. The first kappa shape index (κ1) is 17.8. The number of likely N-dealkylation sites (tertiary alicyclic amines) is 1. The number of nitrogens with zero attached hydrogens (tertiary/aromatic N) is 2. The summed E-state index contributed by atoms with van der Waals surface area (Å²) in [6, 6.07) is 5.21. The number of carbonyl (C=O) groups is 1. The van der Waals surface area contributed by atoms with Gasteiger partial charge in [-0.1, -0.05) is 6.07 Å². The molecule has 0 aromatic heterocycles. The van der Waals surface area contributed by atoms with Gasteiger partial charge in [0.15, 0.2) is 0 Å². The lowest BCUT2D eigenvalue weighted by molar-refractivity contribution is -0.139. The minimum Gasteiger partial charge on any atom is -0.393 e. The Hall–Kier alpha value is -1.62. The van der Waals surface area contributed by atoms with Crippen LogP contribution in [0.3, 0.4) is 0 Å². The molecule has 0 bridgehead atoms. The fourth-order valence-corrected chi connectivity index (χ4v) is 5.21. The zero-order chi connectivity index (χ0) is 18.3. The van der Waals surface area contributed by atoms with Crippen LogP contribution in [0.5, 0.6) is 0 Å². The van der Waals surface area contributed by atoms with Crippen LogP contribution in [0.2, 0.25) is 0 Å². The van der Waals surface area contributed by atoms with Crippen molar-refractivity contribution in [1.29, 1.82) is 0 Å². The van der Waals surface area contributed by atoms with E-state index in [-0.39, 0.29) is 29.3 Å². The maximum Gasteiger partial charge on any atom is 0.230 e. The largest absolute Gasteiger partial charge is 0.393 e. The van der Waals surface area contributed by atoms with Gasteiger partial charge in [0.2, 0.25) is 5.91 Å². The van der Waals surface area contributed by atoms with Gasteiger partial charge in [-0.15, -0.1) is 0 Å². The van der Waals surface area contributed by atoms with Crippen LogP contribution in [0.1, 0.15) is 50.5 Å².